The van der Waals surface area contributed by atoms with Crippen molar-refractivity contribution in [2.75, 3.05) is 25.0 Å². The third-order valence-electron chi connectivity index (χ3n) is 5.05. The van der Waals surface area contributed by atoms with Gasteiger partial charge in [0.2, 0.25) is 0 Å². The number of nitrogens with zero attached hydrogens (tertiary/aromatic N) is 2. The van der Waals surface area contributed by atoms with Gasteiger partial charge in [0.25, 0.3) is 0 Å². The molecule has 0 aliphatic carbocycles. The summed E-state index contributed by atoms with van der Waals surface area (Å²) < 4.78 is 0. The second-order valence-electron chi connectivity index (χ2n) is 6.79. The van der Waals surface area contributed by atoms with Gasteiger partial charge in [0.1, 0.15) is 0 Å². The molecule has 0 amide bonds. The standard InChI is InChI=1S/C21H26ClN3S/c1-3-25(21(26)23-20-11-7-10-19(22)16(20)2)18-12-13-24(15-18)14-17-8-5-4-6-9-17/h4-11,18H,3,12-15H2,1-2H3,(H,23,26). The minimum atomic E-state index is 0.447. The Labute approximate surface area is 166 Å². The smallest absolute Gasteiger partial charge is 0.173 e. The molecule has 1 fully saturated rings. The van der Waals surface area contributed by atoms with Crippen molar-refractivity contribution in [3.8, 4) is 0 Å². The third-order valence-corrected chi connectivity index (χ3v) is 5.79. The summed E-state index contributed by atoms with van der Waals surface area (Å²) in [4.78, 5) is 4.82. The first-order valence-electron chi connectivity index (χ1n) is 9.17. The fourth-order valence-corrected chi connectivity index (χ4v) is 4.11. The molecule has 0 radical (unpaired) electrons. The quantitative estimate of drug-likeness (QED) is 0.732. The summed E-state index contributed by atoms with van der Waals surface area (Å²) in [7, 11) is 0. The third kappa shape index (κ3) is 4.56. The summed E-state index contributed by atoms with van der Waals surface area (Å²) in [5.74, 6) is 0. The molecule has 1 unspecified atom stereocenters. The number of rotatable bonds is 5. The van der Waals surface area contributed by atoms with Crippen LogP contribution in [-0.4, -0.2) is 40.6 Å². The highest BCUT2D eigenvalue weighted by Crippen LogP contribution is 2.24. The van der Waals surface area contributed by atoms with Gasteiger partial charge in [-0.25, -0.2) is 0 Å². The molecule has 1 atom stereocenters. The average molecular weight is 388 g/mol. The number of hydrogen-bond donors (Lipinski definition) is 1. The Balaban J connectivity index is 1.61. The number of anilines is 1. The van der Waals surface area contributed by atoms with E-state index in [1.807, 2.05) is 25.1 Å². The first-order valence-corrected chi connectivity index (χ1v) is 9.96. The van der Waals surface area contributed by atoms with Crippen LogP contribution in [0.1, 0.15) is 24.5 Å². The van der Waals surface area contributed by atoms with Crippen LogP contribution in [0.15, 0.2) is 48.5 Å². The molecule has 138 valence electrons. The molecule has 2 aromatic carbocycles. The van der Waals surface area contributed by atoms with E-state index in [4.69, 9.17) is 23.8 Å². The lowest BCUT2D eigenvalue weighted by Gasteiger charge is -2.31. The zero-order valence-electron chi connectivity index (χ0n) is 15.4. The van der Waals surface area contributed by atoms with Crippen molar-refractivity contribution in [2.45, 2.75) is 32.9 Å². The van der Waals surface area contributed by atoms with Crippen LogP contribution in [0.5, 0.6) is 0 Å². The molecule has 1 aliphatic rings. The maximum absolute atomic E-state index is 6.23. The van der Waals surface area contributed by atoms with Crippen molar-refractivity contribution in [1.29, 1.82) is 0 Å². The predicted octanol–water partition coefficient (Wildman–Crippen LogP) is 4.94. The molecule has 1 aliphatic heterocycles. The van der Waals surface area contributed by atoms with Crippen LogP contribution in [0.2, 0.25) is 5.02 Å². The molecule has 0 aromatic heterocycles. The Bertz CT molecular complexity index is 750. The molecule has 3 nitrogen and oxygen atoms in total. The molecule has 26 heavy (non-hydrogen) atoms. The van der Waals surface area contributed by atoms with Crippen LogP contribution in [-0.2, 0) is 6.54 Å². The van der Waals surface area contributed by atoms with Gasteiger partial charge in [-0.15, -0.1) is 0 Å². The summed E-state index contributed by atoms with van der Waals surface area (Å²) in [6.45, 7) is 8.23. The number of likely N-dealkylation sites (tertiary alicyclic amines) is 1. The SMILES string of the molecule is CCN(C(=S)Nc1cccc(Cl)c1C)C1CCN(Cc2ccccc2)C1. The molecule has 0 bridgehead atoms. The van der Waals surface area contributed by atoms with Crippen molar-refractivity contribution >= 4 is 34.6 Å². The summed E-state index contributed by atoms with van der Waals surface area (Å²) in [5.41, 5.74) is 3.39. The van der Waals surface area contributed by atoms with Crippen molar-refractivity contribution < 1.29 is 0 Å². The molecular weight excluding hydrogens is 362 g/mol. The lowest BCUT2D eigenvalue weighted by molar-refractivity contribution is 0.282. The van der Waals surface area contributed by atoms with E-state index in [2.05, 4.69) is 52.4 Å². The highest BCUT2D eigenvalue weighted by atomic mass is 35.5. The van der Waals surface area contributed by atoms with Crippen LogP contribution in [0.4, 0.5) is 5.69 Å². The molecule has 0 saturated carbocycles. The number of likely N-dealkylation sites (N-methyl/N-ethyl adjacent to an activating group) is 1. The number of benzene rings is 2. The number of nitrogens with one attached hydrogen (secondary N) is 1. The molecule has 1 saturated heterocycles. The van der Waals surface area contributed by atoms with E-state index < -0.39 is 0 Å². The molecule has 1 heterocycles. The van der Waals surface area contributed by atoms with Gasteiger partial charge < -0.3 is 10.2 Å². The largest absolute Gasteiger partial charge is 0.345 e. The normalized spacial score (nSPS) is 17.3. The predicted molar refractivity (Wildman–Crippen MR) is 115 cm³/mol. The number of halogens is 1. The summed E-state index contributed by atoms with van der Waals surface area (Å²) in [6, 6.07) is 17.0. The lowest BCUT2D eigenvalue weighted by atomic mass is 10.2. The Kier molecular flexibility index (Phi) is 6.52. The second kappa shape index (κ2) is 8.85. The first kappa shape index (κ1) is 19.2. The minimum Gasteiger partial charge on any atom is -0.345 e. The molecule has 5 heteroatoms. The lowest BCUT2D eigenvalue weighted by Crippen LogP contribution is -2.44. The zero-order valence-corrected chi connectivity index (χ0v) is 17.0. The van der Waals surface area contributed by atoms with Gasteiger partial charge in [-0.3, -0.25) is 4.90 Å². The van der Waals surface area contributed by atoms with E-state index in [0.29, 0.717) is 6.04 Å². The fourth-order valence-electron chi connectivity index (χ4n) is 3.55. The van der Waals surface area contributed by atoms with Crippen LogP contribution >= 0.6 is 23.8 Å². The van der Waals surface area contributed by atoms with E-state index in [-0.39, 0.29) is 0 Å². The highest BCUT2D eigenvalue weighted by molar-refractivity contribution is 7.80. The fraction of sp³-hybridized carbons (Fsp3) is 0.381. The van der Waals surface area contributed by atoms with Gasteiger partial charge in [-0.05, 0) is 55.7 Å². The minimum absolute atomic E-state index is 0.447. The van der Waals surface area contributed by atoms with Gasteiger partial charge in [0.05, 0.1) is 0 Å². The molecular formula is C21H26ClN3S. The monoisotopic (exact) mass is 387 g/mol. The molecule has 0 spiro atoms. The Morgan fingerprint density at radius 2 is 2.00 bits per heavy atom. The van der Waals surface area contributed by atoms with E-state index in [0.717, 1.165) is 54.0 Å². The molecule has 2 aromatic rings. The zero-order chi connectivity index (χ0) is 18.5. The Morgan fingerprint density at radius 3 is 2.73 bits per heavy atom. The van der Waals surface area contributed by atoms with Crippen molar-refractivity contribution in [1.82, 2.24) is 9.80 Å². The van der Waals surface area contributed by atoms with E-state index in [1.165, 1.54) is 5.56 Å². The van der Waals surface area contributed by atoms with Gasteiger partial charge >= 0.3 is 0 Å². The molecule has 1 N–H and O–H groups in total. The van der Waals surface area contributed by atoms with Gasteiger partial charge in [-0.1, -0.05) is 48.0 Å². The van der Waals surface area contributed by atoms with E-state index in [1.54, 1.807) is 0 Å². The Hall–Kier alpha value is -1.62. The number of hydrogen-bond acceptors (Lipinski definition) is 2. The maximum atomic E-state index is 6.23. The molecule has 3 rings (SSSR count). The first-order chi connectivity index (χ1) is 12.6. The summed E-state index contributed by atoms with van der Waals surface area (Å²) in [6.07, 6.45) is 1.14. The summed E-state index contributed by atoms with van der Waals surface area (Å²) in [5, 5.41) is 4.94. The highest BCUT2D eigenvalue weighted by Gasteiger charge is 2.28. The van der Waals surface area contributed by atoms with Crippen molar-refractivity contribution in [3.05, 3.63) is 64.7 Å². The summed E-state index contributed by atoms with van der Waals surface area (Å²) >= 11 is 11.9. The van der Waals surface area contributed by atoms with Gasteiger partial charge in [0.15, 0.2) is 5.11 Å². The van der Waals surface area contributed by atoms with E-state index >= 15 is 0 Å². The van der Waals surface area contributed by atoms with Crippen LogP contribution in [0.25, 0.3) is 0 Å². The average Bonchev–Trinajstić information content (AvgIpc) is 3.08. The van der Waals surface area contributed by atoms with Gasteiger partial charge in [0, 0.05) is 42.9 Å². The van der Waals surface area contributed by atoms with Gasteiger partial charge in [-0.2, -0.15) is 0 Å². The second-order valence-corrected chi connectivity index (χ2v) is 7.59. The Morgan fingerprint density at radius 1 is 1.23 bits per heavy atom. The van der Waals surface area contributed by atoms with Crippen LogP contribution < -0.4 is 5.32 Å². The van der Waals surface area contributed by atoms with Crippen molar-refractivity contribution in [2.24, 2.45) is 0 Å². The van der Waals surface area contributed by atoms with Crippen LogP contribution in [0, 0.1) is 6.92 Å². The van der Waals surface area contributed by atoms with Crippen molar-refractivity contribution in [3.63, 3.8) is 0 Å². The van der Waals surface area contributed by atoms with E-state index in [9.17, 15) is 0 Å². The number of thiocarbonyl (C=S) groups is 1. The van der Waals surface area contributed by atoms with Crippen LogP contribution in [0.3, 0.4) is 0 Å². The maximum Gasteiger partial charge on any atom is 0.173 e. The topological polar surface area (TPSA) is 18.5 Å².